The molecule has 0 aliphatic carbocycles. The number of aliphatic hydroxyl groups is 1. The Kier molecular flexibility index (Phi) is 7.23. The van der Waals surface area contributed by atoms with E-state index in [1.54, 1.807) is 30.3 Å². The first-order valence-corrected chi connectivity index (χ1v) is 10.7. The fourth-order valence-electron chi connectivity index (χ4n) is 3.62. The third-order valence-electron chi connectivity index (χ3n) is 5.10. The molecular weight excluding hydrogens is 418 g/mol. The Balaban J connectivity index is 2.13. The molecule has 3 rings (SSSR count). The SMILES string of the molecule is CCCOc1ccc(C2/C(=C(\O)c3cc(OC)ccc3Cl)C(=O)C(=O)N2CCC)cc1. The van der Waals surface area contributed by atoms with E-state index in [0.29, 0.717) is 36.6 Å². The van der Waals surface area contributed by atoms with Gasteiger partial charge in [0.15, 0.2) is 0 Å². The Morgan fingerprint density at radius 2 is 1.74 bits per heavy atom. The minimum atomic E-state index is -0.735. The molecule has 31 heavy (non-hydrogen) atoms. The zero-order valence-electron chi connectivity index (χ0n) is 17.9. The molecule has 1 atom stereocenters. The highest BCUT2D eigenvalue weighted by Crippen LogP contribution is 2.41. The Morgan fingerprint density at radius 1 is 1.06 bits per heavy atom. The smallest absolute Gasteiger partial charge is 0.295 e. The Labute approximate surface area is 187 Å². The lowest BCUT2D eigenvalue weighted by atomic mass is 9.95. The van der Waals surface area contributed by atoms with Gasteiger partial charge in [-0.1, -0.05) is 37.6 Å². The number of Topliss-reactive ketones (excluding diaryl/α,β-unsaturated/α-hetero) is 1. The average Bonchev–Trinajstić information content (AvgIpc) is 3.03. The molecule has 1 fully saturated rings. The average molecular weight is 444 g/mol. The van der Waals surface area contributed by atoms with Crippen molar-refractivity contribution in [1.82, 2.24) is 4.90 Å². The van der Waals surface area contributed by atoms with Crippen molar-refractivity contribution < 1.29 is 24.2 Å². The maximum Gasteiger partial charge on any atom is 0.295 e. The van der Waals surface area contributed by atoms with Gasteiger partial charge in [0.25, 0.3) is 11.7 Å². The largest absolute Gasteiger partial charge is 0.507 e. The Morgan fingerprint density at radius 3 is 2.35 bits per heavy atom. The molecule has 1 aliphatic heterocycles. The van der Waals surface area contributed by atoms with Crippen LogP contribution in [0.2, 0.25) is 5.02 Å². The quantitative estimate of drug-likeness (QED) is 0.354. The zero-order chi connectivity index (χ0) is 22.5. The van der Waals surface area contributed by atoms with Crippen LogP contribution < -0.4 is 9.47 Å². The van der Waals surface area contributed by atoms with E-state index in [1.165, 1.54) is 12.0 Å². The molecule has 0 radical (unpaired) electrons. The number of amides is 1. The van der Waals surface area contributed by atoms with E-state index in [9.17, 15) is 14.7 Å². The van der Waals surface area contributed by atoms with Gasteiger partial charge in [-0.3, -0.25) is 9.59 Å². The molecule has 0 saturated carbocycles. The monoisotopic (exact) mass is 443 g/mol. The minimum Gasteiger partial charge on any atom is -0.507 e. The molecule has 0 bridgehead atoms. The van der Waals surface area contributed by atoms with Crippen molar-refractivity contribution >= 4 is 29.1 Å². The number of halogens is 1. The maximum absolute atomic E-state index is 13.0. The van der Waals surface area contributed by atoms with E-state index in [0.717, 1.165) is 6.42 Å². The molecule has 164 valence electrons. The standard InChI is InChI=1S/C24H26ClNO5/c1-4-12-26-21(15-6-8-16(9-7-15)31-13-5-2)20(23(28)24(26)29)22(27)18-14-17(30-3)10-11-19(18)25/h6-11,14,21,27H,4-5,12-13H2,1-3H3/b22-20+. The molecule has 0 aromatic heterocycles. The first kappa shape index (κ1) is 22.7. The van der Waals surface area contributed by atoms with Crippen LogP contribution in [0.3, 0.4) is 0 Å². The van der Waals surface area contributed by atoms with Gasteiger partial charge in [0, 0.05) is 12.1 Å². The van der Waals surface area contributed by atoms with Crippen LogP contribution in [-0.2, 0) is 9.59 Å². The van der Waals surface area contributed by atoms with Gasteiger partial charge in [0.05, 0.1) is 30.4 Å². The normalized spacial score (nSPS) is 17.8. The fraction of sp³-hybridized carbons (Fsp3) is 0.333. The highest BCUT2D eigenvalue weighted by molar-refractivity contribution is 6.47. The lowest BCUT2D eigenvalue weighted by Gasteiger charge is -2.25. The summed E-state index contributed by atoms with van der Waals surface area (Å²) in [4.78, 5) is 27.2. The van der Waals surface area contributed by atoms with Gasteiger partial charge < -0.3 is 19.5 Å². The summed E-state index contributed by atoms with van der Waals surface area (Å²) in [6, 6.07) is 11.3. The lowest BCUT2D eigenvalue weighted by molar-refractivity contribution is -0.139. The van der Waals surface area contributed by atoms with Crippen LogP contribution in [0.25, 0.3) is 5.76 Å². The number of nitrogens with zero attached hydrogens (tertiary/aromatic N) is 1. The predicted molar refractivity (Wildman–Crippen MR) is 120 cm³/mol. The molecule has 1 amide bonds. The third kappa shape index (κ3) is 4.54. The number of likely N-dealkylation sites (tertiary alicyclic amines) is 1. The number of hydrogen-bond acceptors (Lipinski definition) is 5. The van der Waals surface area contributed by atoms with Crippen LogP contribution >= 0.6 is 11.6 Å². The molecular formula is C24H26ClNO5. The summed E-state index contributed by atoms with van der Waals surface area (Å²) in [7, 11) is 1.50. The summed E-state index contributed by atoms with van der Waals surface area (Å²) >= 11 is 6.30. The molecule has 0 spiro atoms. The van der Waals surface area contributed by atoms with Crippen molar-refractivity contribution in [2.75, 3.05) is 20.3 Å². The molecule has 1 N–H and O–H groups in total. The van der Waals surface area contributed by atoms with E-state index in [-0.39, 0.29) is 21.9 Å². The van der Waals surface area contributed by atoms with E-state index in [4.69, 9.17) is 21.1 Å². The van der Waals surface area contributed by atoms with Gasteiger partial charge in [-0.25, -0.2) is 0 Å². The number of carbonyl (C=O) groups is 2. The minimum absolute atomic E-state index is 0.0100. The molecule has 2 aromatic carbocycles. The van der Waals surface area contributed by atoms with Crippen LogP contribution in [-0.4, -0.2) is 42.0 Å². The van der Waals surface area contributed by atoms with Crippen molar-refractivity contribution in [3.63, 3.8) is 0 Å². The third-order valence-corrected chi connectivity index (χ3v) is 5.43. The van der Waals surface area contributed by atoms with Gasteiger partial charge in [-0.05, 0) is 48.7 Å². The van der Waals surface area contributed by atoms with Crippen LogP contribution in [0, 0.1) is 0 Å². The maximum atomic E-state index is 13.0. The summed E-state index contributed by atoms with van der Waals surface area (Å²) in [6.07, 6.45) is 1.56. The molecule has 7 heteroatoms. The second-order valence-corrected chi connectivity index (χ2v) is 7.66. The summed E-state index contributed by atoms with van der Waals surface area (Å²) in [5.41, 5.74) is 0.955. The van der Waals surface area contributed by atoms with Gasteiger partial charge in [-0.15, -0.1) is 0 Å². The summed E-state index contributed by atoms with van der Waals surface area (Å²) < 4.78 is 10.9. The van der Waals surface area contributed by atoms with Crippen molar-refractivity contribution in [1.29, 1.82) is 0 Å². The first-order chi connectivity index (χ1) is 14.9. The summed E-state index contributed by atoms with van der Waals surface area (Å²) in [6.45, 7) is 4.93. The van der Waals surface area contributed by atoms with E-state index in [1.807, 2.05) is 26.0 Å². The topological polar surface area (TPSA) is 76.1 Å². The van der Waals surface area contributed by atoms with Crippen LogP contribution in [0.1, 0.15) is 43.9 Å². The fourth-order valence-corrected chi connectivity index (χ4v) is 3.83. The lowest BCUT2D eigenvalue weighted by Crippen LogP contribution is -2.30. The van der Waals surface area contributed by atoms with Crippen molar-refractivity contribution in [2.45, 2.75) is 32.7 Å². The summed E-state index contributed by atoms with van der Waals surface area (Å²) in [5.74, 6) is -0.520. The molecule has 1 saturated heterocycles. The number of ketones is 1. The first-order valence-electron chi connectivity index (χ1n) is 10.3. The van der Waals surface area contributed by atoms with Crippen LogP contribution in [0.5, 0.6) is 11.5 Å². The zero-order valence-corrected chi connectivity index (χ0v) is 18.6. The predicted octanol–water partition coefficient (Wildman–Crippen LogP) is 4.97. The number of carbonyl (C=O) groups excluding carboxylic acids is 2. The van der Waals surface area contributed by atoms with E-state index >= 15 is 0 Å². The number of hydrogen-bond donors (Lipinski definition) is 1. The molecule has 2 aromatic rings. The number of ether oxygens (including phenoxy) is 2. The molecule has 1 heterocycles. The van der Waals surface area contributed by atoms with Gasteiger partial charge in [0.2, 0.25) is 0 Å². The van der Waals surface area contributed by atoms with Gasteiger partial charge in [0.1, 0.15) is 17.3 Å². The highest BCUT2D eigenvalue weighted by Gasteiger charge is 2.45. The van der Waals surface area contributed by atoms with Crippen molar-refractivity contribution in [3.8, 4) is 11.5 Å². The van der Waals surface area contributed by atoms with Gasteiger partial charge >= 0.3 is 0 Å². The Hall–Kier alpha value is -2.99. The van der Waals surface area contributed by atoms with Gasteiger partial charge in [-0.2, -0.15) is 0 Å². The Bertz CT molecular complexity index is 1000. The molecule has 6 nitrogen and oxygen atoms in total. The van der Waals surface area contributed by atoms with E-state index in [2.05, 4.69) is 0 Å². The van der Waals surface area contributed by atoms with Crippen LogP contribution in [0.15, 0.2) is 48.0 Å². The van der Waals surface area contributed by atoms with Crippen molar-refractivity contribution in [2.24, 2.45) is 0 Å². The number of methoxy groups -OCH3 is 1. The number of rotatable bonds is 8. The van der Waals surface area contributed by atoms with Crippen LogP contribution in [0.4, 0.5) is 0 Å². The van der Waals surface area contributed by atoms with E-state index < -0.39 is 17.7 Å². The number of benzene rings is 2. The second-order valence-electron chi connectivity index (χ2n) is 7.26. The van der Waals surface area contributed by atoms with Crippen molar-refractivity contribution in [3.05, 3.63) is 64.2 Å². The molecule has 1 unspecified atom stereocenters. The number of aliphatic hydroxyl groups excluding tert-OH is 1. The highest BCUT2D eigenvalue weighted by atomic mass is 35.5. The molecule has 1 aliphatic rings. The summed E-state index contributed by atoms with van der Waals surface area (Å²) in [5, 5.41) is 11.4. The second kappa shape index (κ2) is 9.88.